The highest BCUT2D eigenvalue weighted by atomic mass is 19.4. The van der Waals surface area contributed by atoms with Crippen LogP contribution in [0.15, 0.2) is 58.6 Å². The number of carboxylic acid groups (broad SMARTS) is 1. The van der Waals surface area contributed by atoms with Crippen molar-refractivity contribution in [3.8, 4) is 11.5 Å². The van der Waals surface area contributed by atoms with Gasteiger partial charge in [-0.15, -0.1) is 0 Å². The van der Waals surface area contributed by atoms with Gasteiger partial charge in [0.1, 0.15) is 11.5 Å². The maximum absolute atomic E-state index is 12.7. The summed E-state index contributed by atoms with van der Waals surface area (Å²) in [7, 11) is 0. The van der Waals surface area contributed by atoms with Crippen molar-refractivity contribution >= 4 is 18.5 Å². The summed E-state index contributed by atoms with van der Waals surface area (Å²) in [5.41, 5.74) is -1.75. The van der Waals surface area contributed by atoms with Crippen molar-refractivity contribution in [3.63, 3.8) is 0 Å². The summed E-state index contributed by atoms with van der Waals surface area (Å²) in [6.45, 7) is 8.63. The maximum Gasteiger partial charge on any atom is 0.416 e. The van der Waals surface area contributed by atoms with Crippen LogP contribution in [0.3, 0.4) is 0 Å². The lowest BCUT2D eigenvalue weighted by Gasteiger charge is -2.22. The molecule has 2 rings (SSSR count). The standard InChI is InChI=1S/C22H24F3N3O4/c1-5-28(27-19(26-4)15-6-8-16(9-7-15)22(23,24)25)14-31-17-10-12-18(13-11-17)32-21(2,3)20(29)30/h6-13H,4-5,14H2,1-3H3,(H,29,30)/b27-19-. The summed E-state index contributed by atoms with van der Waals surface area (Å²) < 4.78 is 49.3. The van der Waals surface area contributed by atoms with Crippen molar-refractivity contribution < 1.29 is 32.5 Å². The van der Waals surface area contributed by atoms with Crippen LogP contribution in [0.4, 0.5) is 13.2 Å². The smallest absolute Gasteiger partial charge is 0.416 e. The Bertz CT molecular complexity index is 956. The van der Waals surface area contributed by atoms with E-state index in [0.717, 1.165) is 12.1 Å². The SMILES string of the molecule is C=N/C(=N\N(CC)COc1ccc(OC(C)(C)C(=O)O)cc1)c1ccc(C(F)(F)F)cc1. The number of carboxylic acids is 1. The highest BCUT2D eigenvalue weighted by molar-refractivity contribution is 6.01. The second-order valence-electron chi connectivity index (χ2n) is 7.14. The van der Waals surface area contributed by atoms with E-state index >= 15 is 0 Å². The molecule has 0 unspecified atom stereocenters. The molecule has 0 aliphatic heterocycles. The average Bonchev–Trinajstić information content (AvgIpc) is 2.74. The van der Waals surface area contributed by atoms with Gasteiger partial charge in [0, 0.05) is 12.1 Å². The zero-order valence-corrected chi connectivity index (χ0v) is 17.9. The Morgan fingerprint density at radius 1 is 1.06 bits per heavy atom. The van der Waals surface area contributed by atoms with E-state index in [9.17, 15) is 18.0 Å². The number of halogens is 3. The molecule has 0 atom stereocenters. The summed E-state index contributed by atoms with van der Waals surface area (Å²) in [6, 6.07) is 10.9. The number of benzene rings is 2. The Kier molecular flexibility index (Phi) is 7.85. The minimum atomic E-state index is -4.43. The number of hydrogen-bond acceptors (Lipinski definition) is 5. The number of alkyl halides is 3. The molecular weight excluding hydrogens is 427 g/mol. The van der Waals surface area contributed by atoms with E-state index in [2.05, 4.69) is 16.8 Å². The molecule has 0 amide bonds. The minimum Gasteiger partial charge on any atom is -0.478 e. The summed E-state index contributed by atoms with van der Waals surface area (Å²) in [5.74, 6) is -0.0740. The Morgan fingerprint density at radius 3 is 2.09 bits per heavy atom. The Morgan fingerprint density at radius 2 is 1.62 bits per heavy atom. The van der Waals surface area contributed by atoms with E-state index in [1.165, 1.54) is 31.0 Å². The molecule has 0 radical (unpaired) electrons. The fraction of sp³-hybridized carbons (Fsp3) is 0.318. The van der Waals surface area contributed by atoms with Crippen molar-refractivity contribution in [2.75, 3.05) is 13.3 Å². The normalized spacial score (nSPS) is 12.2. The van der Waals surface area contributed by atoms with Gasteiger partial charge in [-0.05, 0) is 63.9 Å². The predicted octanol–water partition coefficient (Wildman–Crippen LogP) is 4.67. The third-order valence-electron chi connectivity index (χ3n) is 4.31. The Balaban J connectivity index is 2.05. The van der Waals surface area contributed by atoms with Gasteiger partial charge < -0.3 is 14.6 Å². The lowest BCUT2D eigenvalue weighted by molar-refractivity contribution is -0.152. The van der Waals surface area contributed by atoms with Crippen molar-refractivity contribution in [2.24, 2.45) is 10.1 Å². The lowest BCUT2D eigenvalue weighted by atomic mass is 10.1. The highest BCUT2D eigenvalue weighted by Gasteiger charge is 2.30. The molecule has 32 heavy (non-hydrogen) atoms. The number of hydrazone groups is 1. The third kappa shape index (κ3) is 6.73. The first-order chi connectivity index (χ1) is 15.0. The van der Waals surface area contributed by atoms with Crippen LogP contribution < -0.4 is 9.47 Å². The number of aliphatic carboxylic acids is 1. The molecule has 0 aliphatic rings. The van der Waals surface area contributed by atoms with Crippen molar-refractivity contribution in [1.29, 1.82) is 0 Å². The van der Waals surface area contributed by atoms with Gasteiger partial charge in [-0.3, -0.25) is 5.01 Å². The van der Waals surface area contributed by atoms with Crippen LogP contribution in [-0.4, -0.2) is 47.5 Å². The van der Waals surface area contributed by atoms with Gasteiger partial charge in [-0.1, -0.05) is 12.1 Å². The van der Waals surface area contributed by atoms with Gasteiger partial charge in [-0.2, -0.15) is 18.3 Å². The van der Waals surface area contributed by atoms with Crippen LogP contribution in [0, 0.1) is 0 Å². The van der Waals surface area contributed by atoms with Crippen molar-refractivity contribution in [3.05, 3.63) is 59.7 Å². The molecular formula is C22H24F3N3O4. The van der Waals surface area contributed by atoms with Crippen LogP contribution in [-0.2, 0) is 11.0 Å². The zero-order chi connectivity index (χ0) is 23.9. The van der Waals surface area contributed by atoms with Crippen LogP contribution in [0.25, 0.3) is 0 Å². The largest absolute Gasteiger partial charge is 0.478 e. The average molecular weight is 451 g/mol. The fourth-order valence-electron chi connectivity index (χ4n) is 2.40. The van der Waals surface area contributed by atoms with Gasteiger partial charge in [-0.25, -0.2) is 9.79 Å². The number of rotatable bonds is 9. The number of nitrogens with zero attached hydrogens (tertiary/aromatic N) is 3. The van der Waals surface area contributed by atoms with Gasteiger partial charge in [0.15, 0.2) is 18.2 Å². The molecule has 2 aromatic rings. The molecule has 0 saturated heterocycles. The Hall–Kier alpha value is -3.56. The van der Waals surface area contributed by atoms with Gasteiger partial charge in [0.2, 0.25) is 0 Å². The predicted molar refractivity (Wildman–Crippen MR) is 114 cm³/mol. The number of amidine groups is 1. The molecule has 0 spiro atoms. The van der Waals surface area contributed by atoms with Crippen LogP contribution in [0.2, 0.25) is 0 Å². The molecule has 0 aromatic heterocycles. The monoisotopic (exact) mass is 451 g/mol. The highest BCUT2D eigenvalue weighted by Crippen LogP contribution is 2.29. The fourth-order valence-corrected chi connectivity index (χ4v) is 2.40. The van der Waals surface area contributed by atoms with Gasteiger partial charge in [0.25, 0.3) is 0 Å². The first kappa shape index (κ1) is 24.7. The number of hydrogen-bond donors (Lipinski definition) is 1. The van der Waals surface area contributed by atoms with Gasteiger partial charge >= 0.3 is 12.1 Å². The number of ether oxygens (including phenoxy) is 2. The van der Waals surface area contributed by atoms with E-state index in [4.69, 9.17) is 14.6 Å². The summed E-state index contributed by atoms with van der Waals surface area (Å²) in [4.78, 5) is 15.0. The van der Waals surface area contributed by atoms with Crippen LogP contribution in [0.5, 0.6) is 11.5 Å². The van der Waals surface area contributed by atoms with Crippen LogP contribution in [0.1, 0.15) is 31.9 Å². The number of aliphatic imine (C=N–C) groups is 1. The van der Waals surface area contributed by atoms with E-state index in [0.29, 0.717) is 23.6 Å². The Labute approximate surface area is 183 Å². The van der Waals surface area contributed by atoms with Crippen molar-refractivity contribution in [1.82, 2.24) is 5.01 Å². The molecule has 0 fully saturated rings. The lowest BCUT2D eigenvalue weighted by Crippen LogP contribution is -2.37. The maximum atomic E-state index is 12.7. The molecule has 7 nitrogen and oxygen atoms in total. The topological polar surface area (TPSA) is 83.7 Å². The summed E-state index contributed by atoms with van der Waals surface area (Å²) >= 11 is 0. The second-order valence-corrected chi connectivity index (χ2v) is 7.14. The first-order valence-electron chi connectivity index (χ1n) is 9.59. The van der Waals surface area contributed by atoms with Crippen LogP contribution >= 0.6 is 0 Å². The molecule has 0 bridgehead atoms. The molecule has 0 heterocycles. The molecule has 2 aromatic carbocycles. The zero-order valence-electron chi connectivity index (χ0n) is 17.9. The summed E-state index contributed by atoms with van der Waals surface area (Å²) in [6.07, 6.45) is -4.43. The molecule has 0 aliphatic carbocycles. The van der Waals surface area contributed by atoms with E-state index in [-0.39, 0.29) is 12.6 Å². The van der Waals surface area contributed by atoms with Gasteiger partial charge in [0.05, 0.1) is 5.56 Å². The quantitative estimate of drug-likeness (QED) is 0.259. The van der Waals surface area contributed by atoms with E-state index < -0.39 is 23.3 Å². The molecule has 0 saturated carbocycles. The van der Waals surface area contributed by atoms with E-state index in [1.807, 2.05) is 6.92 Å². The third-order valence-corrected chi connectivity index (χ3v) is 4.31. The van der Waals surface area contributed by atoms with E-state index in [1.54, 1.807) is 24.3 Å². The number of carbonyl (C=O) groups is 1. The molecule has 10 heteroatoms. The minimum absolute atomic E-state index is 0.0387. The molecule has 172 valence electrons. The molecule has 1 N–H and O–H groups in total. The first-order valence-corrected chi connectivity index (χ1v) is 9.59. The summed E-state index contributed by atoms with van der Waals surface area (Å²) in [5, 5.41) is 15.0. The van der Waals surface area contributed by atoms with Crippen molar-refractivity contribution in [2.45, 2.75) is 32.5 Å². The second kappa shape index (κ2) is 10.2.